The zero-order valence-electron chi connectivity index (χ0n) is 28.8. The van der Waals surface area contributed by atoms with E-state index in [0.717, 1.165) is 48.7 Å². The molecule has 242 valence electrons. The third-order valence-electron chi connectivity index (χ3n) is 10.1. The van der Waals surface area contributed by atoms with Gasteiger partial charge in [0.1, 0.15) is 0 Å². The van der Waals surface area contributed by atoms with E-state index < -0.39 is 23.2 Å². The van der Waals surface area contributed by atoms with Gasteiger partial charge in [0.05, 0.1) is 0 Å². The molecule has 49 heavy (non-hydrogen) atoms. The maximum absolute atomic E-state index is 6.62. The number of furan rings is 2. The van der Waals surface area contributed by atoms with Crippen molar-refractivity contribution in [2.75, 3.05) is 0 Å². The summed E-state index contributed by atoms with van der Waals surface area (Å²) in [5, 5.41) is 0. The molecule has 2 aromatic heterocycles. The molecule has 8 rings (SSSR count). The van der Waals surface area contributed by atoms with Crippen LogP contribution in [0.3, 0.4) is 0 Å². The number of hydrogen-bond donors (Lipinski definition) is 0. The molecule has 2 aliphatic rings. The summed E-state index contributed by atoms with van der Waals surface area (Å²) in [5.41, 5.74) is 16.0. The molecule has 2 nitrogen and oxygen atoms in total. The maximum atomic E-state index is 6.62. The molecule has 0 radical (unpaired) electrons. The Labute approximate surface area is 302 Å². The first-order valence-electron chi connectivity index (χ1n) is 17.8. The van der Waals surface area contributed by atoms with E-state index in [9.17, 15) is 0 Å². The van der Waals surface area contributed by atoms with Crippen molar-refractivity contribution in [1.29, 1.82) is 0 Å². The van der Waals surface area contributed by atoms with E-state index in [-0.39, 0.29) is 0 Å². The molecule has 0 bridgehead atoms. The summed E-state index contributed by atoms with van der Waals surface area (Å²) in [5.74, 6) is 4.21. The van der Waals surface area contributed by atoms with E-state index in [1.165, 1.54) is 66.8 Å². The SMILES string of the molecule is CCCc1ccc(C2=Cc3c(-c4ccc(C)cc4)cccc3[CH]2[Zr][CH]2C(c3ccc(CCC)o3)=Cc3c(-c4ccc(C)cc4)cccc32)o1. The number of rotatable bonds is 10. The third-order valence-corrected chi connectivity index (χ3v) is 14.8. The Morgan fingerprint density at radius 2 is 0.939 bits per heavy atom. The van der Waals surface area contributed by atoms with Gasteiger partial charge in [-0.25, -0.2) is 0 Å². The molecule has 0 saturated heterocycles. The summed E-state index contributed by atoms with van der Waals surface area (Å²) in [7, 11) is 0. The van der Waals surface area contributed by atoms with Gasteiger partial charge in [-0.05, 0) is 0 Å². The van der Waals surface area contributed by atoms with Gasteiger partial charge < -0.3 is 0 Å². The van der Waals surface area contributed by atoms with Gasteiger partial charge in [-0.2, -0.15) is 0 Å². The van der Waals surface area contributed by atoms with Crippen LogP contribution in [0.15, 0.2) is 118 Å². The van der Waals surface area contributed by atoms with E-state index in [4.69, 9.17) is 8.83 Å². The van der Waals surface area contributed by atoms with Crippen LogP contribution in [0.4, 0.5) is 0 Å². The van der Waals surface area contributed by atoms with E-state index in [2.05, 4.69) is 149 Å². The topological polar surface area (TPSA) is 26.3 Å². The van der Waals surface area contributed by atoms with E-state index in [1.807, 2.05) is 0 Å². The molecule has 2 heterocycles. The average Bonchev–Trinajstić information content (AvgIpc) is 3.92. The predicted octanol–water partition coefficient (Wildman–Crippen LogP) is 12.7. The first-order valence-corrected chi connectivity index (χ1v) is 20.6. The van der Waals surface area contributed by atoms with Crippen LogP contribution in [0.1, 0.15) is 90.4 Å². The second kappa shape index (κ2) is 13.6. The summed E-state index contributed by atoms with van der Waals surface area (Å²) in [6.45, 7) is 8.75. The third kappa shape index (κ3) is 6.12. The zero-order valence-corrected chi connectivity index (χ0v) is 31.3. The van der Waals surface area contributed by atoms with Gasteiger partial charge in [-0.3, -0.25) is 0 Å². The Bertz CT molecular complexity index is 2030. The van der Waals surface area contributed by atoms with Crippen LogP contribution in [-0.2, 0) is 36.1 Å². The number of aryl methyl sites for hydroxylation is 4. The Balaban J connectivity index is 1.27. The van der Waals surface area contributed by atoms with Crippen LogP contribution in [-0.4, -0.2) is 0 Å². The summed E-state index contributed by atoms with van der Waals surface area (Å²) >= 11 is -1.31. The Morgan fingerprint density at radius 3 is 1.35 bits per heavy atom. The number of fused-ring (bicyclic) bond motifs is 2. The van der Waals surface area contributed by atoms with Crippen molar-refractivity contribution in [3.63, 3.8) is 0 Å². The Morgan fingerprint density at radius 1 is 0.510 bits per heavy atom. The zero-order chi connectivity index (χ0) is 33.5. The fourth-order valence-electron chi connectivity index (χ4n) is 7.55. The molecule has 0 aliphatic heterocycles. The Kier molecular flexibility index (Phi) is 8.89. The van der Waals surface area contributed by atoms with Crippen LogP contribution in [0, 0.1) is 13.8 Å². The summed E-state index contributed by atoms with van der Waals surface area (Å²) in [6.07, 6.45) is 8.98. The van der Waals surface area contributed by atoms with Gasteiger partial charge in [0, 0.05) is 0 Å². The van der Waals surface area contributed by atoms with Gasteiger partial charge in [0.2, 0.25) is 0 Å². The first-order chi connectivity index (χ1) is 24.0. The summed E-state index contributed by atoms with van der Waals surface area (Å²) in [4.78, 5) is 0. The minimum absolute atomic E-state index is 0.331. The monoisotopic (exact) mass is 716 g/mol. The van der Waals surface area contributed by atoms with Gasteiger partial charge >= 0.3 is 304 Å². The molecule has 2 unspecified atom stereocenters. The first kappa shape index (κ1) is 32.0. The predicted molar refractivity (Wildman–Crippen MR) is 200 cm³/mol. The molecule has 0 spiro atoms. The van der Waals surface area contributed by atoms with Gasteiger partial charge in [0.25, 0.3) is 0 Å². The number of allylic oxidation sites excluding steroid dienone is 2. The van der Waals surface area contributed by atoms with E-state index >= 15 is 0 Å². The fraction of sp³-hybridized carbons (Fsp3) is 0.217. The molecule has 0 fully saturated rings. The molecule has 2 atom stereocenters. The molecular formula is C46H42O2Zr. The molecular weight excluding hydrogens is 676 g/mol. The van der Waals surface area contributed by atoms with Crippen molar-refractivity contribution < 1.29 is 32.1 Å². The molecule has 0 saturated carbocycles. The average molecular weight is 718 g/mol. The molecule has 2 aliphatic carbocycles. The van der Waals surface area contributed by atoms with Crippen molar-refractivity contribution in [2.45, 2.75) is 60.6 Å². The van der Waals surface area contributed by atoms with Crippen molar-refractivity contribution in [3.05, 3.63) is 166 Å². The quantitative estimate of drug-likeness (QED) is 0.141. The number of hydrogen-bond acceptors (Lipinski definition) is 2. The van der Waals surface area contributed by atoms with Crippen LogP contribution < -0.4 is 0 Å². The van der Waals surface area contributed by atoms with Crippen molar-refractivity contribution in [1.82, 2.24) is 0 Å². The summed E-state index contributed by atoms with van der Waals surface area (Å²) in [6, 6.07) is 40.6. The number of benzene rings is 4. The second-order valence-corrected chi connectivity index (χ2v) is 17.3. The van der Waals surface area contributed by atoms with Crippen LogP contribution in [0.2, 0.25) is 0 Å². The van der Waals surface area contributed by atoms with Crippen molar-refractivity contribution in [3.8, 4) is 22.3 Å². The molecule has 6 aromatic rings. The molecule has 4 aromatic carbocycles. The van der Waals surface area contributed by atoms with Crippen molar-refractivity contribution in [2.24, 2.45) is 0 Å². The summed E-state index contributed by atoms with van der Waals surface area (Å²) < 4.78 is 13.9. The molecule has 0 N–H and O–H groups in total. The van der Waals surface area contributed by atoms with E-state index in [1.54, 1.807) is 0 Å². The van der Waals surface area contributed by atoms with Crippen LogP contribution in [0.5, 0.6) is 0 Å². The van der Waals surface area contributed by atoms with Crippen LogP contribution in [0.25, 0.3) is 45.6 Å². The minimum atomic E-state index is -1.31. The molecule has 0 amide bonds. The van der Waals surface area contributed by atoms with Gasteiger partial charge in [0.15, 0.2) is 0 Å². The fourth-order valence-corrected chi connectivity index (χ4v) is 12.5. The van der Waals surface area contributed by atoms with E-state index in [0.29, 0.717) is 7.25 Å². The normalized spacial score (nSPS) is 16.3. The Hall–Kier alpha value is -4.20. The standard InChI is InChI=1S/2C23H21O.Zr/c2*1-3-5-20-12-13-23(24-20)19-14-18-6-4-7-21(22(18)15-19)17-10-8-16(2)9-11-17;/h2*4,6-15H,3,5H2,1-2H3;. The van der Waals surface area contributed by atoms with Crippen molar-refractivity contribution >= 4 is 23.3 Å². The van der Waals surface area contributed by atoms with Gasteiger partial charge in [-0.15, -0.1) is 0 Å². The van der Waals surface area contributed by atoms with Crippen LogP contribution >= 0.6 is 0 Å². The molecule has 3 heteroatoms. The second-order valence-electron chi connectivity index (χ2n) is 13.6. The van der Waals surface area contributed by atoms with Gasteiger partial charge in [-0.1, -0.05) is 0 Å².